The van der Waals surface area contributed by atoms with E-state index in [0.717, 1.165) is 24.8 Å². The van der Waals surface area contributed by atoms with Gasteiger partial charge in [0.15, 0.2) is 5.69 Å². The van der Waals surface area contributed by atoms with Crippen molar-refractivity contribution in [2.75, 3.05) is 23.9 Å². The van der Waals surface area contributed by atoms with E-state index in [1.54, 1.807) is 30.2 Å². The van der Waals surface area contributed by atoms with Gasteiger partial charge < -0.3 is 19.4 Å². The first-order chi connectivity index (χ1) is 15.1. The number of anilines is 2. The molecule has 2 amide bonds. The van der Waals surface area contributed by atoms with E-state index in [4.69, 9.17) is 9.15 Å². The molecule has 0 bridgehead atoms. The van der Waals surface area contributed by atoms with E-state index in [9.17, 15) is 9.59 Å². The number of ether oxygens (including phenoxy) is 1. The van der Waals surface area contributed by atoms with Gasteiger partial charge in [-0.25, -0.2) is 4.98 Å². The van der Waals surface area contributed by atoms with E-state index >= 15 is 0 Å². The molecule has 2 aliphatic rings. The first-order valence-corrected chi connectivity index (χ1v) is 10.5. The quantitative estimate of drug-likeness (QED) is 0.633. The van der Waals surface area contributed by atoms with Crippen molar-refractivity contribution in [3.05, 3.63) is 60.0 Å². The van der Waals surface area contributed by atoms with Crippen molar-refractivity contribution in [2.24, 2.45) is 0 Å². The summed E-state index contributed by atoms with van der Waals surface area (Å²) in [5.74, 6) is 1.66. The van der Waals surface area contributed by atoms with Crippen LogP contribution < -0.4 is 15.0 Å². The molecule has 31 heavy (non-hydrogen) atoms. The lowest BCUT2D eigenvalue weighted by Gasteiger charge is -2.20. The number of carbonyl (C=O) groups excluding carboxylic acids is 2. The minimum atomic E-state index is -0.323. The normalized spacial score (nSPS) is 15.9. The van der Waals surface area contributed by atoms with Crippen LogP contribution in [0, 0.1) is 0 Å². The van der Waals surface area contributed by atoms with E-state index in [2.05, 4.69) is 10.3 Å². The summed E-state index contributed by atoms with van der Waals surface area (Å²) in [5, 5.41) is 2.92. The molecule has 1 aliphatic carbocycles. The molecule has 0 unspecified atom stereocenters. The van der Waals surface area contributed by atoms with Crippen molar-refractivity contribution in [3.8, 4) is 17.2 Å². The first-order valence-electron chi connectivity index (χ1n) is 10.5. The number of nitrogens with one attached hydrogen (secondary N) is 1. The third-order valence-electron chi connectivity index (χ3n) is 5.64. The summed E-state index contributed by atoms with van der Waals surface area (Å²) in [6.45, 7) is 0.641. The van der Waals surface area contributed by atoms with Crippen LogP contribution in [0.15, 0.2) is 52.9 Å². The van der Waals surface area contributed by atoms with E-state index in [1.807, 2.05) is 30.3 Å². The lowest BCUT2D eigenvalue weighted by molar-refractivity contribution is -0.117. The Morgan fingerprint density at radius 2 is 2.00 bits per heavy atom. The molecule has 1 aliphatic heterocycles. The molecular formula is C24H23N3O4. The standard InChI is InChI=1S/C24H23N3O4/c1-30-19-12-11-17(14-18(19)27-13-5-8-20(27)28)25-23(29)21-22(15-9-10-15)31-24(26-21)16-6-3-2-4-7-16/h2-4,6-7,11-12,14-15H,5,8-10,13H2,1H3,(H,25,29). The molecule has 1 aromatic heterocycles. The second-order valence-electron chi connectivity index (χ2n) is 7.86. The van der Waals surface area contributed by atoms with Crippen LogP contribution in [0.1, 0.15) is 47.8 Å². The van der Waals surface area contributed by atoms with Gasteiger partial charge >= 0.3 is 0 Å². The molecule has 2 fully saturated rings. The van der Waals surface area contributed by atoms with Crippen LogP contribution in [0.2, 0.25) is 0 Å². The number of hydrogen-bond acceptors (Lipinski definition) is 5. The van der Waals surface area contributed by atoms with Crippen molar-refractivity contribution in [1.29, 1.82) is 0 Å². The zero-order valence-corrected chi connectivity index (χ0v) is 17.3. The lowest BCUT2D eigenvalue weighted by Crippen LogP contribution is -2.24. The Morgan fingerprint density at radius 3 is 2.68 bits per heavy atom. The molecule has 0 atom stereocenters. The summed E-state index contributed by atoms with van der Waals surface area (Å²) >= 11 is 0. The molecule has 3 aromatic rings. The van der Waals surface area contributed by atoms with Gasteiger partial charge in [0.25, 0.3) is 5.91 Å². The molecular weight excluding hydrogens is 394 g/mol. The van der Waals surface area contributed by atoms with Crippen molar-refractivity contribution < 1.29 is 18.7 Å². The van der Waals surface area contributed by atoms with Crippen LogP contribution in [0.4, 0.5) is 11.4 Å². The molecule has 1 N–H and O–H groups in total. The average Bonchev–Trinajstić information content (AvgIpc) is 3.39. The van der Waals surface area contributed by atoms with Gasteiger partial charge in [0, 0.05) is 30.1 Å². The zero-order chi connectivity index (χ0) is 21.4. The maximum atomic E-state index is 13.1. The van der Waals surface area contributed by atoms with Crippen LogP contribution in [0.5, 0.6) is 5.75 Å². The maximum Gasteiger partial charge on any atom is 0.277 e. The van der Waals surface area contributed by atoms with Crippen LogP contribution in [-0.2, 0) is 4.79 Å². The number of aromatic nitrogens is 1. The van der Waals surface area contributed by atoms with Crippen molar-refractivity contribution in [3.63, 3.8) is 0 Å². The van der Waals surface area contributed by atoms with Gasteiger partial charge in [-0.15, -0.1) is 0 Å². The Morgan fingerprint density at radius 1 is 1.19 bits per heavy atom. The number of hydrogen-bond donors (Lipinski definition) is 1. The smallest absolute Gasteiger partial charge is 0.277 e. The Kier molecular flexibility index (Phi) is 4.94. The minimum absolute atomic E-state index is 0.0572. The highest BCUT2D eigenvalue weighted by molar-refractivity contribution is 6.05. The minimum Gasteiger partial charge on any atom is -0.495 e. The summed E-state index contributed by atoms with van der Waals surface area (Å²) in [7, 11) is 1.57. The zero-order valence-electron chi connectivity index (χ0n) is 17.3. The number of benzene rings is 2. The fourth-order valence-electron chi connectivity index (χ4n) is 3.89. The number of nitrogens with zero attached hydrogens (tertiary/aromatic N) is 2. The number of rotatable bonds is 6. The Labute approximate surface area is 180 Å². The SMILES string of the molecule is COc1ccc(NC(=O)c2nc(-c3ccccc3)oc2C2CC2)cc1N1CCCC1=O. The summed E-state index contributed by atoms with van der Waals surface area (Å²) in [5.41, 5.74) is 2.39. The van der Waals surface area contributed by atoms with Gasteiger partial charge in [0.2, 0.25) is 11.8 Å². The fourth-order valence-corrected chi connectivity index (χ4v) is 3.89. The predicted molar refractivity (Wildman–Crippen MR) is 116 cm³/mol. The average molecular weight is 417 g/mol. The summed E-state index contributed by atoms with van der Waals surface area (Å²) < 4.78 is 11.4. The second-order valence-corrected chi connectivity index (χ2v) is 7.86. The molecule has 2 aromatic carbocycles. The maximum absolute atomic E-state index is 13.1. The van der Waals surface area contributed by atoms with E-state index < -0.39 is 0 Å². The molecule has 1 saturated heterocycles. The summed E-state index contributed by atoms with van der Waals surface area (Å²) in [4.78, 5) is 31.6. The highest BCUT2D eigenvalue weighted by Crippen LogP contribution is 2.43. The van der Waals surface area contributed by atoms with E-state index in [0.29, 0.717) is 47.4 Å². The molecule has 158 valence electrons. The third-order valence-corrected chi connectivity index (χ3v) is 5.64. The highest BCUT2D eigenvalue weighted by Gasteiger charge is 2.34. The highest BCUT2D eigenvalue weighted by atomic mass is 16.5. The monoisotopic (exact) mass is 417 g/mol. The van der Waals surface area contributed by atoms with Gasteiger partial charge in [-0.2, -0.15) is 0 Å². The number of amides is 2. The number of oxazole rings is 1. The number of carbonyl (C=O) groups is 2. The molecule has 0 radical (unpaired) electrons. The molecule has 1 saturated carbocycles. The van der Waals surface area contributed by atoms with Crippen LogP contribution in [0.25, 0.3) is 11.5 Å². The predicted octanol–water partition coefficient (Wildman–Crippen LogP) is 4.61. The summed E-state index contributed by atoms with van der Waals surface area (Å²) in [6.07, 6.45) is 3.32. The molecule has 5 rings (SSSR count). The summed E-state index contributed by atoms with van der Waals surface area (Å²) in [6, 6.07) is 14.9. The van der Waals surface area contributed by atoms with Crippen LogP contribution in [-0.4, -0.2) is 30.5 Å². The van der Waals surface area contributed by atoms with Gasteiger partial charge in [-0.1, -0.05) is 18.2 Å². The molecule has 7 nitrogen and oxygen atoms in total. The second kappa shape index (κ2) is 7.91. The van der Waals surface area contributed by atoms with E-state index in [1.165, 1.54) is 0 Å². The van der Waals surface area contributed by atoms with Crippen molar-refractivity contribution in [1.82, 2.24) is 4.98 Å². The topological polar surface area (TPSA) is 84.7 Å². The van der Waals surface area contributed by atoms with Crippen molar-refractivity contribution >= 4 is 23.2 Å². The Hall–Kier alpha value is -3.61. The van der Waals surface area contributed by atoms with Crippen LogP contribution >= 0.6 is 0 Å². The van der Waals surface area contributed by atoms with Crippen LogP contribution in [0.3, 0.4) is 0 Å². The molecule has 7 heteroatoms. The molecule has 0 spiro atoms. The van der Waals surface area contributed by atoms with Gasteiger partial charge in [-0.3, -0.25) is 9.59 Å². The largest absolute Gasteiger partial charge is 0.495 e. The Balaban J connectivity index is 1.44. The number of methoxy groups -OCH3 is 1. The molecule has 2 heterocycles. The fraction of sp³-hybridized carbons (Fsp3) is 0.292. The lowest BCUT2D eigenvalue weighted by atomic mass is 10.2. The first kappa shape index (κ1) is 19.4. The van der Waals surface area contributed by atoms with Gasteiger partial charge in [-0.05, 0) is 49.6 Å². The van der Waals surface area contributed by atoms with Gasteiger partial charge in [0.05, 0.1) is 12.8 Å². The van der Waals surface area contributed by atoms with E-state index in [-0.39, 0.29) is 17.7 Å². The van der Waals surface area contributed by atoms with Gasteiger partial charge in [0.1, 0.15) is 11.5 Å². The van der Waals surface area contributed by atoms with Crippen molar-refractivity contribution in [2.45, 2.75) is 31.6 Å². The Bertz CT molecular complexity index is 1130. The third kappa shape index (κ3) is 3.79.